The van der Waals surface area contributed by atoms with Crippen molar-refractivity contribution in [2.75, 3.05) is 0 Å². The minimum Gasteiger partial charge on any atom is -0.0683 e. The second-order valence-electron chi connectivity index (χ2n) is 19.7. The Hall–Kier alpha value is -9.02. The fourth-order valence-electron chi connectivity index (χ4n) is 12.0. The Morgan fingerprint density at radius 2 is 0.649 bits per heavy atom. The van der Waals surface area contributed by atoms with E-state index in [2.05, 4.69) is 262 Å². The fraction of sp³-hybridized carbons (Fsp3) is 0.0811. The third kappa shape index (κ3) is 7.81. The normalized spacial score (nSPS) is 13.8. The van der Waals surface area contributed by atoms with Crippen LogP contribution in [0, 0.1) is 11.8 Å². The third-order valence-electron chi connectivity index (χ3n) is 15.7. The van der Waals surface area contributed by atoms with Crippen molar-refractivity contribution in [2.24, 2.45) is 0 Å². The van der Waals surface area contributed by atoms with Crippen LogP contribution in [0.1, 0.15) is 88.9 Å². The van der Waals surface area contributed by atoms with Crippen molar-refractivity contribution >= 4 is 22.4 Å². The van der Waals surface area contributed by atoms with Crippen molar-refractivity contribution in [2.45, 2.75) is 38.5 Å². The van der Waals surface area contributed by atoms with Crippen LogP contribution in [-0.4, -0.2) is 0 Å². The quantitative estimate of drug-likeness (QED) is 0.154. The molecule has 74 heavy (non-hydrogen) atoms. The molecule has 0 aromatic heterocycles. The molecule has 0 spiro atoms. The van der Waals surface area contributed by atoms with Crippen molar-refractivity contribution in [3.63, 3.8) is 0 Å². The van der Waals surface area contributed by atoms with Gasteiger partial charge in [0, 0.05) is 22.0 Å². The van der Waals surface area contributed by atoms with Crippen LogP contribution in [0.15, 0.2) is 261 Å². The summed E-state index contributed by atoms with van der Waals surface area (Å²) in [6, 6.07) is 94.5. The lowest BCUT2D eigenvalue weighted by Gasteiger charge is -2.29. The highest BCUT2D eigenvalue weighted by Crippen LogP contribution is 2.54. The molecule has 0 atom stereocenters. The lowest BCUT2D eigenvalue weighted by atomic mass is 9.73. The van der Waals surface area contributed by atoms with Gasteiger partial charge in [-0.1, -0.05) is 250 Å². The Labute approximate surface area is 437 Å². The Kier molecular flexibility index (Phi) is 12.0. The predicted molar refractivity (Wildman–Crippen MR) is 313 cm³/mol. The van der Waals surface area contributed by atoms with Crippen LogP contribution in [0.2, 0.25) is 0 Å². The van der Waals surface area contributed by atoms with Crippen LogP contribution < -0.4 is 0 Å². The average molecular weight is 945 g/mol. The second-order valence-corrected chi connectivity index (χ2v) is 19.7. The SMILES string of the molecule is C(#Cc1ccc(/C=C2/c3ccccc3-c3cc4ccccc4cc32)cc1)c1ccccc1.CC.CC1(c2ccc(-c3ccc(C4(C)c5ccccc5-c5ccccc54)cc3)cc2)c2ccccc2-c2ccccc21. The molecule has 11 aromatic rings. The molecule has 0 radical (unpaired) electrons. The molecule has 0 unspecified atom stereocenters. The van der Waals surface area contributed by atoms with Gasteiger partial charge in [-0.15, -0.1) is 0 Å². The first-order chi connectivity index (χ1) is 36.4. The number of hydrogen-bond acceptors (Lipinski definition) is 0. The molecule has 0 heterocycles. The van der Waals surface area contributed by atoms with Gasteiger partial charge >= 0.3 is 0 Å². The lowest BCUT2D eigenvalue weighted by Crippen LogP contribution is -2.22. The molecule has 0 N–H and O–H groups in total. The first-order valence-electron chi connectivity index (χ1n) is 26.1. The van der Waals surface area contributed by atoms with Gasteiger partial charge in [-0.05, 0) is 167 Å². The topological polar surface area (TPSA) is 0 Å². The molecule has 0 bridgehead atoms. The van der Waals surface area contributed by atoms with Crippen molar-refractivity contribution in [1.29, 1.82) is 0 Å². The summed E-state index contributed by atoms with van der Waals surface area (Å²) in [6.45, 7) is 8.75. The van der Waals surface area contributed by atoms with Gasteiger partial charge in [0.15, 0.2) is 0 Å². The molecule has 3 aliphatic carbocycles. The fourth-order valence-corrected chi connectivity index (χ4v) is 12.0. The summed E-state index contributed by atoms with van der Waals surface area (Å²) >= 11 is 0. The van der Waals surface area contributed by atoms with Gasteiger partial charge in [0.2, 0.25) is 0 Å². The van der Waals surface area contributed by atoms with E-state index in [1.165, 1.54) is 111 Å². The molecule has 14 rings (SSSR count). The average Bonchev–Trinajstić information content (AvgIpc) is 4.03. The smallest absolute Gasteiger partial charge is 0.0435 e. The van der Waals surface area contributed by atoms with Gasteiger partial charge in [0.05, 0.1) is 0 Å². The number of rotatable bonds is 4. The zero-order valence-corrected chi connectivity index (χ0v) is 42.4. The van der Waals surface area contributed by atoms with Gasteiger partial charge < -0.3 is 0 Å². The molecule has 352 valence electrons. The van der Waals surface area contributed by atoms with Crippen LogP contribution in [0.5, 0.6) is 0 Å². The molecule has 0 amide bonds. The van der Waals surface area contributed by atoms with E-state index in [0.29, 0.717) is 0 Å². The third-order valence-corrected chi connectivity index (χ3v) is 15.7. The van der Waals surface area contributed by atoms with E-state index >= 15 is 0 Å². The molecule has 0 saturated heterocycles. The number of fused-ring (bicyclic) bond motifs is 10. The minimum atomic E-state index is -0.159. The molecular formula is C74H56. The standard InChI is InChI=1S/C40H30.C32H20.C2H6/c1-39(35-15-7-3-11-31(35)32-12-4-8-16-36(32)39)29-23-19-27(20-24-29)28-21-25-30(26-22-28)40(2)37-17-9-5-13-33(37)34-14-6-10-18-38(34)40;1-2-8-23(9-3-1)14-15-24-16-18-25(19-17-24)20-30-28-12-6-7-13-29(28)31-21-26-10-4-5-11-27(26)22-32(30)31;1-2/h3-26H,1-2H3;1-13,16-22H;1-2H3/b;30-20-;. The van der Waals surface area contributed by atoms with Gasteiger partial charge in [0.25, 0.3) is 0 Å². The van der Waals surface area contributed by atoms with E-state index in [4.69, 9.17) is 0 Å². The van der Waals surface area contributed by atoms with Gasteiger partial charge in [-0.3, -0.25) is 0 Å². The minimum absolute atomic E-state index is 0.159. The van der Waals surface area contributed by atoms with Crippen LogP contribution in [0.25, 0.3) is 66.9 Å². The van der Waals surface area contributed by atoms with Crippen LogP contribution in [0.3, 0.4) is 0 Å². The van der Waals surface area contributed by atoms with E-state index in [-0.39, 0.29) is 10.8 Å². The highest BCUT2D eigenvalue weighted by Gasteiger charge is 2.41. The molecule has 0 saturated carbocycles. The number of hydrogen-bond donors (Lipinski definition) is 0. The highest BCUT2D eigenvalue weighted by atomic mass is 14.4. The van der Waals surface area contributed by atoms with E-state index in [1.807, 2.05) is 44.2 Å². The van der Waals surface area contributed by atoms with Crippen LogP contribution in [-0.2, 0) is 10.8 Å². The van der Waals surface area contributed by atoms with Crippen LogP contribution in [0.4, 0.5) is 0 Å². The Morgan fingerprint density at radius 3 is 1.09 bits per heavy atom. The molecule has 11 aromatic carbocycles. The van der Waals surface area contributed by atoms with Crippen molar-refractivity contribution in [3.05, 3.63) is 322 Å². The first-order valence-corrected chi connectivity index (χ1v) is 26.1. The monoisotopic (exact) mass is 944 g/mol. The molecule has 3 aliphatic rings. The summed E-state index contributed by atoms with van der Waals surface area (Å²) in [4.78, 5) is 0. The Morgan fingerprint density at radius 1 is 0.297 bits per heavy atom. The summed E-state index contributed by atoms with van der Waals surface area (Å²) < 4.78 is 0. The summed E-state index contributed by atoms with van der Waals surface area (Å²) in [7, 11) is 0. The van der Waals surface area contributed by atoms with Crippen molar-refractivity contribution in [1.82, 2.24) is 0 Å². The van der Waals surface area contributed by atoms with Gasteiger partial charge in [0.1, 0.15) is 0 Å². The second kappa shape index (κ2) is 19.2. The maximum Gasteiger partial charge on any atom is 0.0435 e. The highest BCUT2D eigenvalue weighted by molar-refractivity contribution is 6.10. The Bertz CT molecular complexity index is 3730. The van der Waals surface area contributed by atoms with E-state index in [9.17, 15) is 0 Å². The lowest BCUT2D eigenvalue weighted by molar-refractivity contribution is 0.713. The largest absolute Gasteiger partial charge is 0.0683 e. The first kappa shape index (κ1) is 46.1. The van der Waals surface area contributed by atoms with Gasteiger partial charge in [-0.2, -0.15) is 0 Å². The zero-order valence-electron chi connectivity index (χ0n) is 42.4. The van der Waals surface area contributed by atoms with E-state index in [1.54, 1.807) is 0 Å². The molecule has 0 aliphatic heterocycles. The van der Waals surface area contributed by atoms with Crippen molar-refractivity contribution in [3.8, 4) is 56.3 Å². The maximum absolute atomic E-state index is 3.26. The molecule has 0 heteroatoms. The molecule has 0 nitrogen and oxygen atoms in total. The van der Waals surface area contributed by atoms with Crippen molar-refractivity contribution < 1.29 is 0 Å². The summed E-state index contributed by atoms with van der Waals surface area (Å²) in [5, 5.41) is 2.56. The molecular weight excluding hydrogens is 889 g/mol. The molecule has 0 fully saturated rings. The summed E-state index contributed by atoms with van der Waals surface area (Å²) in [5.41, 5.74) is 25.5. The van der Waals surface area contributed by atoms with Gasteiger partial charge in [-0.25, -0.2) is 0 Å². The van der Waals surface area contributed by atoms with Crippen LogP contribution >= 0.6 is 0 Å². The van der Waals surface area contributed by atoms with E-state index in [0.717, 1.165) is 11.1 Å². The maximum atomic E-state index is 3.26. The summed E-state index contributed by atoms with van der Waals surface area (Å²) in [5.74, 6) is 6.49. The van der Waals surface area contributed by atoms with E-state index < -0.39 is 0 Å². The number of benzene rings is 11. The zero-order chi connectivity index (χ0) is 50.2. The summed E-state index contributed by atoms with van der Waals surface area (Å²) in [6.07, 6.45) is 2.30. The Balaban J connectivity index is 0.000000149. The predicted octanol–water partition coefficient (Wildman–Crippen LogP) is 18.9.